The van der Waals surface area contributed by atoms with Crippen LogP contribution in [0.3, 0.4) is 0 Å². The molecule has 2 rings (SSSR count). The first kappa shape index (κ1) is 26.4. The molecule has 30 heavy (non-hydrogen) atoms. The van der Waals surface area contributed by atoms with E-state index in [0.29, 0.717) is 5.69 Å². The number of likely N-dealkylation sites (N-methyl/N-ethyl adjacent to an activating group) is 1. The minimum Gasteiger partial charge on any atom is -0.444 e. The van der Waals surface area contributed by atoms with Gasteiger partial charge in [0.1, 0.15) is 5.60 Å². The monoisotopic (exact) mass is 533 g/mol. The summed E-state index contributed by atoms with van der Waals surface area (Å²) in [5, 5.41) is 9.38. The number of carbonyl (C=O) groups is 1. The molecule has 0 radical (unpaired) electrons. The van der Waals surface area contributed by atoms with E-state index < -0.39 is 11.7 Å². The third-order valence-electron chi connectivity index (χ3n) is 4.37. The highest BCUT2D eigenvalue weighted by atomic mass is 127. The van der Waals surface area contributed by atoms with Crippen LogP contribution in [-0.2, 0) is 15.9 Å². The molecule has 0 bridgehead atoms. The highest BCUT2D eigenvalue weighted by Gasteiger charge is 2.18. The van der Waals surface area contributed by atoms with Gasteiger partial charge < -0.3 is 25.0 Å². The SMILES string of the molecule is CN=C(NCCc1ccc(NC(=O)OC(C)(C)C)cc1)NCC1CN(C)CCO1.I. The maximum atomic E-state index is 11.8. The standard InChI is InChI=1S/C21H35N5O3.HI/c1-21(2,3)29-20(27)25-17-8-6-16(7-9-17)10-11-23-19(22-4)24-14-18-15-26(5)12-13-28-18;/h6-9,18H,10-15H2,1-5H3,(H,25,27)(H2,22,23,24);1H. The summed E-state index contributed by atoms with van der Waals surface area (Å²) in [6.07, 6.45) is 0.572. The predicted octanol–water partition coefficient (Wildman–Crippen LogP) is 2.69. The third kappa shape index (κ3) is 10.4. The summed E-state index contributed by atoms with van der Waals surface area (Å²) in [7, 11) is 3.87. The zero-order valence-corrected chi connectivity index (χ0v) is 21.0. The number of benzene rings is 1. The van der Waals surface area contributed by atoms with E-state index in [1.165, 1.54) is 5.56 Å². The number of carbonyl (C=O) groups excluding carboxylic acids is 1. The Labute approximate surface area is 197 Å². The number of anilines is 1. The quantitative estimate of drug-likeness (QED) is 0.296. The summed E-state index contributed by atoms with van der Waals surface area (Å²) in [6, 6.07) is 7.75. The number of ether oxygens (including phenoxy) is 2. The van der Waals surface area contributed by atoms with E-state index in [4.69, 9.17) is 9.47 Å². The van der Waals surface area contributed by atoms with Crippen LogP contribution in [0.1, 0.15) is 26.3 Å². The highest BCUT2D eigenvalue weighted by Crippen LogP contribution is 2.13. The molecule has 170 valence electrons. The van der Waals surface area contributed by atoms with Gasteiger partial charge in [0.05, 0.1) is 12.7 Å². The van der Waals surface area contributed by atoms with Crippen molar-refractivity contribution in [3.05, 3.63) is 29.8 Å². The van der Waals surface area contributed by atoms with Crippen molar-refractivity contribution < 1.29 is 14.3 Å². The van der Waals surface area contributed by atoms with Crippen LogP contribution in [0.25, 0.3) is 0 Å². The molecule has 1 heterocycles. The molecule has 1 aliphatic heterocycles. The van der Waals surface area contributed by atoms with E-state index in [9.17, 15) is 4.79 Å². The van der Waals surface area contributed by atoms with Gasteiger partial charge in [0, 0.05) is 38.9 Å². The lowest BCUT2D eigenvalue weighted by Gasteiger charge is -2.30. The lowest BCUT2D eigenvalue weighted by atomic mass is 10.1. The van der Waals surface area contributed by atoms with Crippen molar-refractivity contribution in [3.8, 4) is 0 Å². The molecule has 9 heteroatoms. The Morgan fingerprint density at radius 2 is 1.97 bits per heavy atom. The van der Waals surface area contributed by atoms with Crippen molar-refractivity contribution >= 4 is 41.7 Å². The summed E-state index contributed by atoms with van der Waals surface area (Å²) < 4.78 is 11.0. The Balaban J connectivity index is 0.00000450. The number of morpholine rings is 1. The zero-order chi connectivity index (χ0) is 21.3. The van der Waals surface area contributed by atoms with Crippen molar-refractivity contribution in [3.63, 3.8) is 0 Å². The summed E-state index contributed by atoms with van der Waals surface area (Å²) >= 11 is 0. The minimum atomic E-state index is -0.513. The molecule has 0 aliphatic carbocycles. The number of hydrogen-bond acceptors (Lipinski definition) is 5. The second-order valence-electron chi connectivity index (χ2n) is 8.21. The van der Waals surface area contributed by atoms with E-state index in [-0.39, 0.29) is 30.1 Å². The Morgan fingerprint density at radius 3 is 2.57 bits per heavy atom. The maximum Gasteiger partial charge on any atom is 0.412 e. The summed E-state index contributed by atoms with van der Waals surface area (Å²) in [6.45, 7) is 9.68. The zero-order valence-electron chi connectivity index (χ0n) is 18.7. The van der Waals surface area contributed by atoms with Gasteiger partial charge in [0.15, 0.2) is 5.96 Å². The van der Waals surface area contributed by atoms with Crippen LogP contribution in [0.5, 0.6) is 0 Å². The van der Waals surface area contributed by atoms with Crippen molar-refractivity contribution in [1.82, 2.24) is 15.5 Å². The number of aliphatic imine (C=N–C) groups is 1. The number of amides is 1. The molecule has 1 fully saturated rings. The summed E-state index contributed by atoms with van der Waals surface area (Å²) in [5.41, 5.74) is 1.37. The van der Waals surface area contributed by atoms with Crippen LogP contribution in [0, 0.1) is 0 Å². The molecule has 0 aromatic heterocycles. The second-order valence-corrected chi connectivity index (χ2v) is 8.21. The number of nitrogens with one attached hydrogen (secondary N) is 3. The Kier molecular flexibility index (Phi) is 11.4. The van der Waals surface area contributed by atoms with Crippen LogP contribution in [0.4, 0.5) is 10.5 Å². The van der Waals surface area contributed by atoms with Gasteiger partial charge in [0.2, 0.25) is 0 Å². The highest BCUT2D eigenvalue weighted by molar-refractivity contribution is 14.0. The summed E-state index contributed by atoms with van der Waals surface area (Å²) in [5.74, 6) is 0.769. The third-order valence-corrected chi connectivity index (χ3v) is 4.37. The largest absolute Gasteiger partial charge is 0.444 e. The lowest BCUT2D eigenvalue weighted by Crippen LogP contribution is -2.48. The Hall–Kier alpha value is -1.59. The van der Waals surface area contributed by atoms with Crippen LogP contribution in [-0.4, -0.2) is 75.5 Å². The molecule has 1 aromatic carbocycles. The average Bonchev–Trinajstić information content (AvgIpc) is 2.64. The molecular formula is C21H36IN5O3. The fourth-order valence-electron chi connectivity index (χ4n) is 2.92. The molecule has 1 saturated heterocycles. The molecule has 3 N–H and O–H groups in total. The fraction of sp³-hybridized carbons (Fsp3) is 0.619. The van der Waals surface area contributed by atoms with E-state index >= 15 is 0 Å². The lowest BCUT2D eigenvalue weighted by molar-refractivity contribution is -0.0161. The topological polar surface area (TPSA) is 87.2 Å². The van der Waals surface area contributed by atoms with Crippen LogP contribution in [0.15, 0.2) is 29.3 Å². The molecule has 8 nitrogen and oxygen atoms in total. The van der Waals surface area contributed by atoms with Crippen LogP contribution < -0.4 is 16.0 Å². The first-order valence-electron chi connectivity index (χ1n) is 10.1. The average molecular weight is 533 g/mol. The van der Waals surface area contributed by atoms with Crippen LogP contribution in [0.2, 0.25) is 0 Å². The van der Waals surface area contributed by atoms with E-state index in [2.05, 4.69) is 32.9 Å². The predicted molar refractivity (Wildman–Crippen MR) is 132 cm³/mol. The molecule has 0 spiro atoms. The van der Waals surface area contributed by atoms with E-state index in [1.54, 1.807) is 7.05 Å². The molecule has 1 unspecified atom stereocenters. The van der Waals surface area contributed by atoms with Crippen molar-refractivity contribution in [2.45, 2.75) is 38.9 Å². The number of guanidine groups is 1. The number of nitrogens with zero attached hydrogens (tertiary/aromatic N) is 2. The smallest absolute Gasteiger partial charge is 0.412 e. The number of halogens is 1. The van der Waals surface area contributed by atoms with Gasteiger partial charge in [0.25, 0.3) is 0 Å². The molecule has 1 aromatic rings. The van der Waals surface area contributed by atoms with E-state index in [1.807, 2.05) is 45.0 Å². The Bertz CT molecular complexity index is 676. The van der Waals surface area contributed by atoms with Gasteiger partial charge in [-0.2, -0.15) is 0 Å². The van der Waals surface area contributed by atoms with Gasteiger partial charge in [-0.05, 0) is 51.9 Å². The van der Waals surface area contributed by atoms with Gasteiger partial charge in [-0.15, -0.1) is 24.0 Å². The number of rotatable bonds is 6. The van der Waals surface area contributed by atoms with Gasteiger partial charge in [-0.3, -0.25) is 10.3 Å². The maximum absolute atomic E-state index is 11.8. The first-order chi connectivity index (χ1) is 13.7. The second kappa shape index (κ2) is 13.0. The van der Waals surface area contributed by atoms with Crippen molar-refractivity contribution in [2.75, 3.05) is 52.2 Å². The molecular weight excluding hydrogens is 497 g/mol. The Morgan fingerprint density at radius 1 is 1.27 bits per heavy atom. The summed E-state index contributed by atoms with van der Waals surface area (Å²) in [4.78, 5) is 18.3. The molecule has 0 saturated carbocycles. The van der Waals surface area contributed by atoms with Gasteiger partial charge in [-0.25, -0.2) is 4.79 Å². The number of hydrogen-bond donors (Lipinski definition) is 3. The van der Waals surface area contributed by atoms with Gasteiger partial charge in [-0.1, -0.05) is 12.1 Å². The normalized spacial score (nSPS) is 17.6. The molecule has 1 amide bonds. The first-order valence-corrected chi connectivity index (χ1v) is 10.1. The molecule has 1 aliphatic rings. The van der Waals surface area contributed by atoms with Crippen molar-refractivity contribution in [1.29, 1.82) is 0 Å². The van der Waals surface area contributed by atoms with Crippen LogP contribution >= 0.6 is 24.0 Å². The van der Waals surface area contributed by atoms with Crippen molar-refractivity contribution in [2.24, 2.45) is 4.99 Å². The van der Waals surface area contributed by atoms with Gasteiger partial charge >= 0.3 is 6.09 Å². The minimum absolute atomic E-state index is 0. The fourth-order valence-corrected chi connectivity index (χ4v) is 2.92. The molecule has 1 atom stereocenters. The van der Waals surface area contributed by atoms with E-state index in [0.717, 1.165) is 45.2 Å².